The number of carbonyl (C=O) groups excluding carboxylic acids is 1. The fourth-order valence-electron chi connectivity index (χ4n) is 2.29. The van der Waals surface area contributed by atoms with E-state index in [4.69, 9.17) is 4.74 Å². The molecular formula is C18H19N3O2S2. The van der Waals surface area contributed by atoms with E-state index < -0.39 is 6.10 Å². The molecule has 0 radical (unpaired) electrons. The van der Waals surface area contributed by atoms with Crippen molar-refractivity contribution in [2.45, 2.75) is 32.8 Å². The first-order valence-corrected chi connectivity index (χ1v) is 9.68. The van der Waals surface area contributed by atoms with Gasteiger partial charge in [0, 0.05) is 0 Å². The molecule has 3 rings (SSSR count). The highest BCUT2D eigenvalue weighted by atomic mass is 32.1. The van der Waals surface area contributed by atoms with Crippen LogP contribution < -0.4 is 10.1 Å². The van der Waals surface area contributed by atoms with Crippen LogP contribution in [0.2, 0.25) is 0 Å². The number of amides is 1. The van der Waals surface area contributed by atoms with Gasteiger partial charge in [-0.15, -0.1) is 21.5 Å². The maximum absolute atomic E-state index is 12.4. The van der Waals surface area contributed by atoms with Crippen LogP contribution >= 0.6 is 22.7 Å². The maximum Gasteiger partial charge on any atom is 0.266 e. The zero-order chi connectivity index (χ0) is 17.8. The number of nitrogens with one attached hydrogen (secondary N) is 1. The highest BCUT2D eigenvalue weighted by Gasteiger charge is 2.19. The number of para-hydroxylation sites is 1. The molecule has 0 saturated carbocycles. The normalized spacial score (nSPS) is 12.2. The van der Waals surface area contributed by atoms with E-state index in [9.17, 15) is 4.79 Å². The minimum atomic E-state index is -0.631. The lowest BCUT2D eigenvalue weighted by Gasteiger charge is -2.18. The lowest BCUT2D eigenvalue weighted by molar-refractivity contribution is -0.122. The molecule has 0 aliphatic rings. The van der Waals surface area contributed by atoms with E-state index >= 15 is 0 Å². The quantitative estimate of drug-likeness (QED) is 0.674. The van der Waals surface area contributed by atoms with E-state index in [1.54, 1.807) is 18.3 Å². The molecule has 0 aliphatic carbocycles. The van der Waals surface area contributed by atoms with Gasteiger partial charge in [-0.3, -0.25) is 10.1 Å². The number of nitrogens with zero attached hydrogens (tertiary/aromatic N) is 2. The fraction of sp³-hybridized carbons (Fsp3) is 0.278. The molecule has 1 N–H and O–H groups in total. The van der Waals surface area contributed by atoms with E-state index in [0.717, 1.165) is 21.2 Å². The Labute approximate surface area is 154 Å². The molecule has 0 saturated heterocycles. The van der Waals surface area contributed by atoms with Crippen LogP contribution in [0.3, 0.4) is 0 Å². The third kappa shape index (κ3) is 4.24. The zero-order valence-electron chi connectivity index (χ0n) is 14.2. The Morgan fingerprint density at radius 3 is 2.64 bits per heavy atom. The molecule has 1 unspecified atom stereocenters. The molecule has 1 atom stereocenters. The van der Waals surface area contributed by atoms with Gasteiger partial charge < -0.3 is 4.74 Å². The number of hydrogen-bond donors (Lipinski definition) is 1. The average Bonchev–Trinajstić information content (AvgIpc) is 3.26. The van der Waals surface area contributed by atoms with Gasteiger partial charge >= 0.3 is 0 Å². The van der Waals surface area contributed by atoms with Gasteiger partial charge in [0.25, 0.3) is 5.91 Å². The molecule has 0 spiro atoms. The number of carbonyl (C=O) groups is 1. The highest BCUT2D eigenvalue weighted by Crippen LogP contribution is 2.30. The second kappa shape index (κ2) is 7.76. The molecule has 5 nitrogen and oxygen atoms in total. The molecule has 2 heterocycles. The predicted molar refractivity (Wildman–Crippen MR) is 102 cm³/mol. The second-order valence-corrected chi connectivity index (χ2v) is 7.76. The van der Waals surface area contributed by atoms with Crippen molar-refractivity contribution in [3.05, 3.63) is 47.3 Å². The Morgan fingerprint density at radius 2 is 1.92 bits per heavy atom. The molecular weight excluding hydrogens is 354 g/mol. The fourth-order valence-corrected chi connectivity index (χ4v) is 3.83. The van der Waals surface area contributed by atoms with Gasteiger partial charge in [-0.2, -0.15) is 0 Å². The number of ether oxygens (including phenoxy) is 1. The van der Waals surface area contributed by atoms with Crippen molar-refractivity contribution >= 4 is 33.7 Å². The van der Waals surface area contributed by atoms with Crippen molar-refractivity contribution in [3.63, 3.8) is 0 Å². The highest BCUT2D eigenvalue weighted by molar-refractivity contribution is 7.23. The van der Waals surface area contributed by atoms with Crippen molar-refractivity contribution in [2.24, 2.45) is 0 Å². The topological polar surface area (TPSA) is 64.1 Å². The van der Waals surface area contributed by atoms with Crippen molar-refractivity contribution in [1.29, 1.82) is 0 Å². The Morgan fingerprint density at radius 1 is 1.12 bits per heavy atom. The molecule has 130 valence electrons. The monoisotopic (exact) mass is 373 g/mol. The van der Waals surface area contributed by atoms with Crippen LogP contribution in [0.25, 0.3) is 9.88 Å². The van der Waals surface area contributed by atoms with Crippen molar-refractivity contribution in [3.8, 4) is 15.6 Å². The Bertz CT molecular complexity index is 844. The van der Waals surface area contributed by atoms with Crippen LogP contribution in [0.15, 0.2) is 41.8 Å². The SMILES string of the molecule is CC(Oc1ccccc1C(C)C)C(=O)Nc1nnc(-c2cccs2)s1. The molecule has 3 aromatic rings. The molecule has 1 aromatic carbocycles. The van der Waals surface area contributed by atoms with E-state index in [-0.39, 0.29) is 5.91 Å². The van der Waals surface area contributed by atoms with Crippen LogP contribution in [0.4, 0.5) is 5.13 Å². The van der Waals surface area contributed by atoms with E-state index in [2.05, 4.69) is 29.4 Å². The summed E-state index contributed by atoms with van der Waals surface area (Å²) in [5, 5.41) is 14.2. The third-order valence-corrected chi connectivity index (χ3v) is 5.48. The van der Waals surface area contributed by atoms with Gasteiger partial charge in [-0.1, -0.05) is 49.4 Å². The summed E-state index contributed by atoms with van der Waals surface area (Å²) in [6.07, 6.45) is -0.631. The molecule has 0 bridgehead atoms. The summed E-state index contributed by atoms with van der Waals surface area (Å²) in [6, 6.07) is 11.7. The summed E-state index contributed by atoms with van der Waals surface area (Å²) in [7, 11) is 0. The first kappa shape index (κ1) is 17.6. The first-order chi connectivity index (χ1) is 12.0. The molecule has 7 heteroatoms. The number of rotatable bonds is 6. The molecule has 2 aromatic heterocycles. The summed E-state index contributed by atoms with van der Waals surface area (Å²) in [5.74, 6) is 0.812. The smallest absolute Gasteiger partial charge is 0.266 e. The Hall–Kier alpha value is -2.25. The van der Waals surface area contributed by atoms with Gasteiger partial charge in [-0.25, -0.2) is 0 Å². The van der Waals surface area contributed by atoms with Gasteiger partial charge in [-0.05, 0) is 35.9 Å². The van der Waals surface area contributed by atoms with Crippen LogP contribution in [-0.4, -0.2) is 22.2 Å². The van der Waals surface area contributed by atoms with Crippen LogP contribution in [-0.2, 0) is 4.79 Å². The lowest BCUT2D eigenvalue weighted by atomic mass is 10.0. The summed E-state index contributed by atoms with van der Waals surface area (Å²) in [6.45, 7) is 5.92. The second-order valence-electron chi connectivity index (χ2n) is 5.83. The average molecular weight is 374 g/mol. The first-order valence-electron chi connectivity index (χ1n) is 7.98. The number of aromatic nitrogens is 2. The summed E-state index contributed by atoms with van der Waals surface area (Å²) in [4.78, 5) is 13.4. The van der Waals surface area contributed by atoms with Crippen LogP contribution in [0.5, 0.6) is 5.75 Å². The van der Waals surface area contributed by atoms with Gasteiger partial charge in [0.1, 0.15) is 5.75 Å². The Kier molecular flexibility index (Phi) is 5.45. The van der Waals surface area contributed by atoms with Crippen LogP contribution in [0, 0.1) is 0 Å². The minimum absolute atomic E-state index is 0.243. The van der Waals surface area contributed by atoms with Gasteiger partial charge in [0.2, 0.25) is 5.13 Å². The van der Waals surface area contributed by atoms with Gasteiger partial charge in [0.15, 0.2) is 11.1 Å². The van der Waals surface area contributed by atoms with E-state index in [0.29, 0.717) is 11.0 Å². The predicted octanol–water partition coefficient (Wildman–Crippen LogP) is 4.80. The molecule has 1 amide bonds. The largest absolute Gasteiger partial charge is 0.481 e. The molecule has 0 fully saturated rings. The summed E-state index contributed by atoms with van der Waals surface area (Å²) < 4.78 is 5.87. The van der Waals surface area contributed by atoms with Gasteiger partial charge in [0.05, 0.1) is 4.88 Å². The molecule has 0 aliphatic heterocycles. The standard InChI is InChI=1S/C18H19N3O2S2/c1-11(2)13-7-4-5-8-14(13)23-12(3)16(22)19-18-21-20-17(25-18)15-9-6-10-24-15/h4-12H,1-3H3,(H,19,21,22). The Balaban J connectivity index is 1.65. The lowest BCUT2D eigenvalue weighted by Crippen LogP contribution is -2.30. The zero-order valence-corrected chi connectivity index (χ0v) is 15.9. The number of anilines is 1. The van der Waals surface area contributed by atoms with Crippen molar-refractivity contribution in [2.75, 3.05) is 5.32 Å². The number of benzene rings is 1. The summed E-state index contributed by atoms with van der Waals surface area (Å²) in [5.41, 5.74) is 1.08. The van der Waals surface area contributed by atoms with Crippen molar-refractivity contribution < 1.29 is 9.53 Å². The third-order valence-electron chi connectivity index (χ3n) is 3.60. The minimum Gasteiger partial charge on any atom is -0.481 e. The number of hydrogen-bond acceptors (Lipinski definition) is 6. The van der Waals surface area contributed by atoms with Crippen molar-refractivity contribution in [1.82, 2.24) is 10.2 Å². The van der Waals surface area contributed by atoms with E-state index in [1.165, 1.54) is 11.3 Å². The van der Waals surface area contributed by atoms with Crippen LogP contribution in [0.1, 0.15) is 32.3 Å². The maximum atomic E-state index is 12.4. The summed E-state index contributed by atoms with van der Waals surface area (Å²) >= 11 is 2.94. The number of thiophene rings is 1. The van der Waals surface area contributed by atoms with E-state index in [1.807, 2.05) is 41.8 Å². The molecule has 25 heavy (non-hydrogen) atoms.